The highest BCUT2D eigenvalue weighted by Crippen LogP contribution is 2.24. The molecule has 0 spiro atoms. The Morgan fingerprint density at radius 2 is 2.00 bits per heavy atom. The number of thiophene rings is 1. The topological polar surface area (TPSA) is 78.8 Å². The van der Waals surface area contributed by atoms with E-state index in [1.807, 2.05) is 24.9 Å². The molecule has 8 heteroatoms. The number of amidine groups is 1. The van der Waals surface area contributed by atoms with Crippen molar-refractivity contribution < 1.29 is 13.2 Å². The van der Waals surface area contributed by atoms with Crippen LogP contribution in [0.4, 0.5) is 5.69 Å². The van der Waals surface area contributed by atoms with Crippen LogP contribution in [0.5, 0.6) is 0 Å². The molecule has 0 unspecified atom stereocenters. The van der Waals surface area contributed by atoms with E-state index in [0.29, 0.717) is 22.8 Å². The maximum atomic E-state index is 12.5. The molecule has 1 amide bonds. The second-order valence-electron chi connectivity index (χ2n) is 6.56. The van der Waals surface area contributed by atoms with Gasteiger partial charge in [0, 0.05) is 30.6 Å². The van der Waals surface area contributed by atoms with Crippen LogP contribution in [0.1, 0.15) is 39.9 Å². The fourth-order valence-corrected chi connectivity index (χ4v) is 5.09. The average Bonchev–Trinajstić information content (AvgIpc) is 3.20. The lowest BCUT2D eigenvalue weighted by atomic mass is 10.2. The van der Waals surface area contributed by atoms with E-state index in [-0.39, 0.29) is 10.8 Å². The van der Waals surface area contributed by atoms with Gasteiger partial charge in [-0.3, -0.25) is 4.79 Å². The SMILES string of the molecule is CCc1sc(C(=O)Nc2ccc(S(=O)(=O)/N=C3/CCCN3C)cc2)cc1C. The monoisotopic (exact) mass is 405 g/mol. The van der Waals surface area contributed by atoms with Crippen LogP contribution in [-0.2, 0) is 16.4 Å². The summed E-state index contributed by atoms with van der Waals surface area (Å²) in [7, 11) is -1.90. The van der Waals surface area contributed by atoms with Crippen LogP contribution in [-0.4, -0.2) is 38.7 Å². The van der Waals surface area contributed by atoms with Gasteiger partial charge in [0.1, 0.15) is 5.84 Å². The number of nitrogens with one attached hydrogen (secondary N) is 1. The van der Waals surface area contributed by atoms with Crippen molar-refractivity contribution >= 4 is 38.8 Å². The van der Waals surface area contributed by atoms with Crippen molar-refractivity contribution in [2.75, 3.05) is 18.9 Å². The van der Waals surface area contributed by atoms with Crippen molar-refractivity contribution in [1.29, 1.82) is 0 Å². The Hall–Kier alpha value is -2.19. The van der Waals surface area contributed by atoms with Crippen molar-refractivity contribution in [2.45, 2.75) is 38.0 Å². The first kappa shape index (κ1) is 19.6. The third kappa shape index (κ3) is 4.39. The minimum atomic E-state index is -3.74. The number of benzene rings is 1. The van der Waals surface area contributed by atoms with E-state index < -0.39 is 10.0 Å². The van der Waals surface area contributed by atoms with E-state index in [0.717, 1.165) is 24.9 Å². The number of carbonyl (C=O) groups is 1. The van der Waals surface area contributed by atoms with Crippen molar-refractivity contribution in [3.63, 3.8) is 0 Å². The highest BCUT2D eigenvalue weighted by molar-refractivity contribution is 7.90. The van der Waals surface area contributed by atoms with Crippen LogP contribution < -0.4 is 5.32 Å². The van der Waals surface area contributed by atoms with Gasteiger partial charge in [-0.1, -0.05) is 6.92 Å². The molecule has 0 saturated carbocycles. The summed E-state index contributed by atoms with van der Waals surface area (Å²) in [6, 6.07) is 8.00. The standard InChI is InChI=1S/C19H23N3O3S2/c1-4-16-13(2)12-17(26-16)19(23)20-14-7-9-15(10-8-14)27(24,25)21-18-6-5-11-22(18)3/h7-10,12H,4-6,11H2,1-3H3,(H,20,23)/b21-18-. The van der Waals surface area contributed by atoms with Crippen molar-refractivity contribution in [3.05, 3.63) is 45.6 Å². The predicted molar refractivity (Wildman–Crippen MR) is 109 cm³/mol. The quantitative estimate of drug-likeness (QED) is 0.823. The molecule has 0 radical (unpaired) electrons. The molecule has 6 nitrogen and oxygen atoms in total. The van der Waals surface area contributed by atoms with E-state index in [9.17, 15) is 13.2 Å². The lowest BCUT2D eigenvalue weighted by molar-refractivity contribution is 0.103. The molecule has 1 N–H and O–H groups in total. The molecule has 1 aliphatic heterocycles. The Balaban J connectivity index is 1.74. The zero-order valence-electron chi connectivity index (χ0n) is 15.7. The van der Waals surface area contributed by atoms with Gasteiger partial charge in [-0.2, -0.15) is 8.42 Å². The number of rotatable bonds is 5. The van der Waals surface area contributed by atoms with Crippen LogP contribution in [0, 0.1) is 6.92 Å². The van der Waals surface area contributed by atoms with Crippen molar-refractivity contribution in [2.24, 2.45) is 4.40 Å². The lowest BCUT2D eigenvalue weighted by Crippen LogP contribution is -2.20. The zero-order chi connectivity index (χ0) is 19.6. The van der Waals surface area contributed by atoms with Crippen molar-refractivity contribution in [1.82, 2.24) is 4.90 Å². The number of hydrogen-bond donors (Lipinski definition) is 1. The molecule has 0 aliphatic carbocycles. The van der Waals surface area contributed by atoms with Crippen LogP contribution in [0.25, 0.3) is 0 Å². The van der Waals surface area contributed by atoms with E-state index >= 15 is 0 Å². The highest BCUT2D eigenvalue weighted by atomic mass is 32.2. The van der Waals surface area contributed by atoms with E-state index in [1.165, 1.54) is 28.3 Å². The van der Waals surface area contributed by atoms with Gasteiger partial charge < -0.3 is 10.2 Å². The minimum absolute atomic E-state index is 0.119. The molecular formula is C19H23N3O3S2. The average molecular weight is 406 g/mol. The summed E-state index contributed by atoms with van der Waals surface area (Å²) in [5.74, 6) is 0.401. The largest absolute Gasteiger partial charge is 0.362 e. The molecular weight excluding hydrogens is 382 g/mol. The molecule has 1 aromatic heterocycles. The fraction of sp³-hybridized carbons (Fsp3) is 0.368. The molecule has 1 saturated heterocycles. The van der Waals surface area contributed by atoms with Crippen LogP contribution in [0.3, 0.4) is 0 Å². The summed E-state index contributed by atoms with van der Waals surface area (Å²) in [6.07, 6.45) is 2.48. The maximum absolute atomic E-state index is 12.5. The van der Waals surface area contributed by atoms with Gasteiger partial charge in [0.15, 0.2) is 0 Å². The first-order valence-corrected chi connectivity index (χ1v) is 11.1. The number of nitrogens with zero attached hydrogens (tertiary/aromatic N) is 2. The molecule has 1 aromatic carbocycles. The Morgan fingerprint density at radius 3 is 2.56 bits per heavy atom. The molecule has 144 valence electrons. The second kappa shape index (κ2) is 7.82. The first-order valence-electron chi connectivity index (χ1n) is 8.86. The van der Waals surface area contributed by atoms with Gasteiger partial charge in [0.05, 0.1) is 9.77 Å². The lowest BCUT2D eigenvalue weighted by Gasteiger charge is -2.11. The molecule has 2 aromatic rings. The normalized spacial score (nSPS) is 16.1. The molecule has 0 atom stereocenters. The summed E-state index contributed by atoms with van der Waals surface area (Å²) in [4.78, 5) is 16.2. The Kier molecular flexibility index (Phi) is 5.67. The van der Waals surface area contributed by atoms with E-state index in [2.05, 4.69) is 16.6 Å². The Bertz CT molecular complexity index is 976. The molecule has 1 aliphatic rings. The number of anilines is 1. The number of aryl methyl sites for hydroxylation is 2. The third-order valence-electron chi connectivity index (χ3n) is 4.54. The fourth-order valence-electron chi connectivity index (χ4n) is 2.99. The molecule has 0 bridgehead atoms. The van der Waals surface area contributed by atoms with Crippen LogP contribution in [0.2, 0.25) is 0 Å². The van der Waals surface area contributed by atoms with Crippen molar-refractivity contribution in [3.8, 4) is 0 Å². The Labute approximate surface area is 164 Å². The molecule has 27 heavy (non-hydrogen) atoms. The predicted octanol–water partition coefficient (Wildman–Crippen LogP) is 3.68. The van der Waals surface area contributed by atoms with E-state index in [1.54, 1.807) is 12.1 Å². The van der Waals surface area contributed by atoms with Gasteiger partial charge >= 0.3 is 0 Å². The van der Waals surface area contributed by atoms with Gasteiger partial charge in [-0.15, -0.1) is 15.7 Å². The van der Waals surface area contributed by atoms with Gasteiger partial charge in [0.2, 0.25) is 0 Å². The van der Waals surface area contributed by atoms with Gasteiger partial charge in [0.25, 0.3) is 15.9 Å². The highest BCUT2D eigenvalue weighted by Gasteiger charge is 2.20. The molecule has 3 rings (SSSR count). The minimum Gasteiger partial charge on any atom is -0.362 e. The van der Waals surface area contributed by atoms with Crippen LogP contribution in [0.15, 0.2) is 39.6 Å². The first-order chi connectivity index (χ1) is 12.8. The summed E-state index contributed by atoms with van der Waals surface area (Å²) in [5, 5.41) is 2.81. The maximum Gasteiger partial charge on any atom is 0.283 e. The number of hydrogen-bond acceptors (Lipinski definition) is 4. The summed E-state index contributed by atoms with van der Waals surface area (Å²) in [6.45, 7) is 4.88. The van der Waals surface area contributed by atoms with Crippen LogP contribution >= 0.6 is 11.3 Å². The summed E-state index contributed by atoms with van der Waals surface area (Å²) in [5.41, 5.74) is 1.67. The third-order valence-corrected chi connectivity index (χ3v) is 7.23. The van der Waals surface area contributed by atoms with E-state index in [4.69, 9.17) is 0 Å². The number of amides is 1. The second-order valence-corrected chi connectivity index (χ2v) is 9.30. The number of carbonyl (C=O) groups excluding carboxylic acids is 1. The molecule has 2 heterocycles. The summed E-state index contributed by atoms with van der Waals surface area (Å²) < 4.78 is 28.9. The molecule has 1 fully saturated rings. The van der Waals surface area contributed by atoms with Gasteiger partial charge in [-0.05, 0) is 55.7 Å². The summed E-state index contributed by atoms with van der Waals surface area (Å²) >= 11 is 1.48. The van der Waals surface area contributed by atoms with Gasteiger partial charge in [-0.25, -0.2) is 0 Å². The zero-order valence-corrected chi connectivity index (χ0v) is 17.3. The number of likely N-dealkylation sites (tertiary alicyclic amines) is 1. The Morgan fingerprint density at radius 1 is 1.30 bits per heavy atom. The number of sulfonamides is 1. The smallest absolute Gasteiger partial charge is 0.283 e.